The SMILES string of the molecule is CCS(=O)(=O)c1ccccc1C(=O)Nc1ccc(Oc2ccccc2OC)cc1. The molecule has 0 saturated heterocycles. The number of amides is 1. The fraction of sp³-hybridized carbons (Fsp3) is 0.136. The van der Waals surface area contributed by atoms with Gasteiger partial charge in [-0.2, -0.15) is 0 Å². The van der Waals surface area contributed by atoms with E-state index in [1.165, 1.54) is 12.1 Å². The normalized spacial score (nSPS) is 11.0. The highest BCUT2D eigenvalue weighted by Gasteiger charge is 2.20. The topological polar surface area (TPSA) is 81.7 Å². The second-order valence-corrected chi connectivity index (χ2v) is 8.38. The minimum atomic E-state index is -3.51. The second kappa shape index (κ2) is 8.79. The van der Waals surface area contributed by atoms with Crippen molar-refractivity contribution < 1.29 is 22.7 Å². The highest BCUT2D eigenvalue weighted by molar-refractivity contribution is 7.91. The lowest BCUT2D eigenvalue weighted by Gasteiger charge is -2.12. The Morgan fingerprint density at radius 2 is 1.52 bits per heavy atom. The summed E-state index contributed by atoms with van der Waals surface area (Å²) in [6.07, 6.45) is 0. The van der Waals surface area contributed by atoms with E-state index in [0.29, 0.717) is 22.9 Å². The van der Waals surface area contributed by atoms with Gasteiger partial charge < -0.3 is 14.8 Å². The molecule has 6 nitrogen and oxygen atoms in total. The van der Waals surface area contributed by atoms with Crippen LogP contribution in [0.3, 0.4) is 0 Å². The monoisotopic (exact) mass is 411 g/mol. The molecular weight excluding hydrogens is 390 g/mol. The molecule has 0 unspecified atom stereocenters. The Morgan fingerprint density at radius 3 is 2.17 bits per heavy atom. The highest BCUT2D eigenvalue weighted by atomic mass is 32.2. The largest absolute Gasteiger partial charge is 0.493 e. The Morgan fingerprint density at radius 1 is 0.897 bits per heavy atom. The van der Waals surface area contributed by atoms with Gasteiger partial charge in [0.05, 0.1) is 23.3 Å². The molecule has 1 N–H and O–H groups in total. The summed E-state index contributed by atoms with van der Waals surface area (Å²) < 4.78 is 35.6. The Labute approximate surface area is 170 Å². The third kappa shape index (κ3) is 4.75. The lowest BCUT2D eigenvalue weighted by molar-refractivity contribution is 0.102. The average Bonchev–Trinajstić information content (AvgIpc) is 2.75. The maximum absolute atomic E-state index is 12.6. The Bertz CT molecular complexity index is 1110. The van der Waals surface area contributed by atoms with E-state index in [1.54, 1.807) is 62.6 Å². The van der Waals surface area contributed by atoms with Gasteiger partial charge in [0.25, 0.3) is 5.91 Å². The molecular formula is C22H21NO5S. The lowest BCUT2D eigenvalue weighted by atomic mass is 10.2. The first kappa shape index (κ1) is 20.4. The third-order valence-electron chi connectivity index (χ3n) is 4.26. The van der Waals surface area contributed by atoms with Gasteiger partial charge in [0.15, 0.2) is 21.3 Å². The predicted molar refractivity (Wildman–Crippen MR) is 112 cm³/mol. The van der Waals surface area contributed by atoms with Crippen molar-refractivity contribution in [3.05, 3.63) is 78.4 Å². The minimum absolute atomic E-state index is 0.0242. The van der Waals surface area contributed by atoms with Gasteiger partial charge in [0.1, 0.15) is 5.75 Å². The van der Waals surface area contributed by atoms with Crippen LogP contribution in [0.1, 0.15) is 17.3 Å². The Balaban J connectivity index is 1.76. The van der Waals surface area contributed by atoms with Gasteiger partial charge in [-0.15, -0.1) is 0 Å². The van der Waals surface area contributed by atoms with Crippen LogP contribution in [0.2, 0.25) is 0 Å². The van der Waals surface area contributed by atoms with Gasteiger partial charge in [0, 0.05) is 5.69 Å². The van der Waals surface area contributed by atoms with Crippen molar-refractivity contribution in [2.24, 2.45) is 0 Å². The molecule has 0 heterocycles. The van der Waals surface area contributed by atoms with Crippen LogP contribution in [0.15, 0.2) is 77.7 Å². The summed E-state index contributed by atoms with van der Waals surface area (Å²) in [6, 6.07) is 20.2. The molecule has 150 valence electrons. The van der Waals surface area contributed by atoms with Crippen molar-refractivity contribution in [2.75, 3.05) is 18.2 Å². The van der Waals surface area contributed by atoms with Gasteiger partial charge in [0.2, 0.25) is 0 Å². The van der Waals surface area contributed by atoms with Crippen LogP contribution in [-0.4, -0.2) is 27.2 Å². The highest BCUT2D eigenvalue weighted by Crippen LogP contribution is 2.31. The molecule has 0 fully saturated rings. The number of hydrogen-bond acceptors (Lipinski definition) is 5. The predicted octanol–water partition coefficient (Wildman–Crippen LogP) is 4.53. The molecule has 0 atom stereocenters. The molecule has 0 spiro atoms. The van der Waals surface area contributed by atoms with Gasteiger partial charge in [-0.1, -0.05) is 31.2 Å². The number of sulfone groups is 1. The molecule has 0 aliphatic heterocycles. The quantitative estimate of drug-likeness (QED) is 0.618. The number of para-hydroxylation sites is 2. The molecule has 3 aromatic carbocycles. The van der Waals surface area contributed by atoms with Crippen molar-refractivity contribution in [2.45, 2.75) is 11.8 Å². The van der Waals surface area contributed by atoms with Crippen LogP contribution in [0.25, 0.3) is 0 Å². The Kier molecular flexibility index (Phi) is 6.19. The summed E-state index contributed by atoms with van der Waals surface area (Å²) in [7, 11) is -1.94. The van der Waals surface area contributed by atoms with E-state index in [1.807, 2.05) is 12.1 Å². The van der Waals surface area contributed by atoms with Gasteiger partial charge in [-0.3, -0.25) is 4.79 Å². The van der Waals surface area contributed by atoms with Crippen molar-refractivity contribution in [1.82, 2.24) is 0 Å². The molecule has 0 aliphatic rings. The van der Waals surface area contributed by atoms with Crippen LogP contribution in [-0.2, 0) is 9.84 Å². The summed E-state index contributed by atoms with van der Waals surface area (Å²) in [5, 5.41) is 2.72. The van der Waals surface area contributed by atoms with Crippen molar-refractivity contribution >= 4 is 21.4 Å². The number of rotatable bonds is 7. The smallest absolute Gasteiger partial charge is 0.256 e. The summed E-state index contributed by atoms with van der Waals surface area (Å²) in [6.45, 7) is 1.55. The van der Waals surface area contributed by atoms with Crippen LogP contribution in [0.5, 0.6) is 17.2 Å². The summed E-state index contributed by atoms with van der Waals surface area (Å²) in [5.74, 6) is 1.19. The van der Waals surface area contributed by atoms with E-state index in [2.05, 4.69) is 5.32 Å². The molecule has 0 radical (unpaired) electrons. The van der Waals surface area contributed by atoms with E-state index in [9.17, 15) is 13.2 Å². The number of methoxy groups -OCH3 is 1. The lowest BCUT2D eigenvalue weighted by Crippen LogP contribution is -2.17. The molecule has 0 bridgehead atoms. The molecule has 0 aromatic heterocycles. The number of anilines is 1. The summed E-state index contributed by atoms with van der Waals surface area (Å²) >= 11 is 0. The van der Waals surface area contributed by atoms with Gasteiger partial charge in [-0.25, -0.2) is 8.42 Å². The zero-order valence-electron chi connectivity index (χ0n) is 16.1. The Hall–Kier alpha value is -3.32. The van der Waals surface area contributed by atoms with Crippen molar-refractivity contribution in [1.29, 1.82) is 0 Å². The van der Waals surface area contributed by atoms with E-state index >= 15 is 0 Å². The van der Waals surface area contributed by atoms with E-state index in [0.717, 1.165) is 0 Å². The first-order valence-corrected chi connectivity index (χ1v) is 10.6. The molecule has 0 aliphatic carbocycles. The number of ether oxygens (including phenoxy) is 2. The minimum Gasteiger partial charge on any atom is -0.493 e. The second-order valence-electron chi connectivity index (χ2n) is 6.13. The number of benzene rings is 3. The average molecular weight is 411 g/mol. The number of carbonyl (C=O) groups is 1. The van der Waals surface area contributed by atoms with E-state index in [-0.39, 0.29) is 16.2 Å². The van der Waals surface area contributed by atoms with Crippen molar-refractivity contribution in [3.63, 3.8) is 0 Å². The summed E-state index contributed by atoms with van der Waals surface area (Å²) in [4.78, 5) is 12.7. The van der Waals surface area contributed by atoms with Crippen LogP contribution >= 0.6 is 0 Å². The standard InChI is InChI=1S/C22H21NO5S/c1-3-29(25,26)21-11-7-4-8-18(21)22(24)23-16-12-14-17(15-13-16)28-20-10-6-5-9-19(20)27-2/h4-15H,3H2,1-2H3,(H,23,24). The van der Waals surface area contributed by atoms with E-state index in [4.69, 9.17) is 9.47 Å². The number of hydrogen-bond donors (Lipinski definition) is 1. The molecule has 3 aromatic rings. The molecule has 3 rings (SSSR count). The first-order valence-electron chi connectivity index (χ1n) is 8.98. The van der Waals surface area contributed by atoms with E-state index < -0.39 is 15.7 Å². The van der Waals surface area contributed by atoms with Crippen LogP contribution < -0.4 is 14.8 Å². The fourth-order valence-corrected chi connectivity index (χ4v) is 3.81. The van der Waals surface area contributed by atoms with Crippen LogP contribution in [0, 0.1) is 0 Å². The number of nitrogens with one attached hydrogen (secondary N) is 1. The van der Waals surface area contributed by atoms with Gasteiger partial charge >= 0.3 is 0 Å². The molecule has 7 heteroatoms. The van der Waals surface area contributed by atoms with Crippen molar-refractivity contribution in [3.8, 4) is 17.2 Å². The van der Waals surface area contributed by atoms with Crippen LogP contribution in [0.4, 0.5) is 5.69 Å². The molecule has 29 heavy (non-hydrogen) atoms. The molecule has 1 amide bonds. The third-order valence-corrected chi connectivity index (χ3v) is 6.04. The maximum atomic E-state index is 12.6. The summed E-state index contributed by atoms with van der Waals surface area (Å²) in [5.41, 5.74) is 0.634. The maximum Gasteiger partial charge on any atom is 0.256 e. The fourth-order valence-electron chi connectivity index (χ4n) is 2.72. The zero-order valence-corrected chi connectivity index (χ0v) is 16.9. The first-order chi connectivity index (χ1) is 13.9. The number of carbonyl (C=O) groups excluding carboxylic acids is 1. The molecule has 0 saturated carbocycles. The zero-order chi connectivity index (χ0) is 20.9. The van der Waals surface area contributed by atoms with Gasteiger partial charge in [-0.05, 0) is 48.5 Å².